The van der Waals surface area contributed by atoms with Crippen molar-refractivity contribution >= 4 is 17.8 Å². The molecule has 2 aromatic heterocycles. The van der Waals surface area contributed by atoms with Crippen molar-refractivity contribution in [2.45, 2.75) is 45.6 Å². The number of carboxylic acid groups (broad SMARTS) is 1. The Kier molecular flexibility index (Phi) is 13.7. The SMILES string of the molecule is CC(C)(O)c1ccc(CNC(=O)c2cccnc2Oc2ccc(F)cc2)cc1.C[C@@H](Oc1ccc(CNC(=O)c2cccnc2Oc2ccc3c(c2)OCO3)c(F)c1)C(=O)O. The summed E-state index contributed by atoms with van der Waals surface area (Å²) in [6, 6.07) is 28.1. The van der Waals surface area contributed by atoms with Gasteiger partial charge in [-0.2, -0.15) is 0 Å². The van der Waals surface area contributed by atoms with Crippen LogP contribution >= 0.6 is 0 Å². The Bertz CT molecular complexity index is 2500. The van der Waals surface area contributed by atoms with Crippen molar-refractivity contribution in [1.82, 2.24) is 20.6 Å². The van der Waals surface area contributed by atoms with E-state index in [2.05, 4.69) is 20.6 Å². The van der Waals surface area contributed by atoms with Gasteiger partial charge in [0.25, 0.3) is 11.8 Å². The number of ether oxygens (including phenoxy) is 5. The Balaban J connectivity index is 0.000000207. The number of hydrogen-bond donors (Lipinski definition) is 4. The predicted octanol–water partition coefficient (Wildman–Crippen LogP) is 7.69. The van der Waals surface area contributed by atoms with Crippen LogP contribution in [0.4, 0.5) is 8.78 Å². The monoisotopic (exact) mass is 834 g/mol. The van der Waals surface area contributed by atoms with Crippen molar-refractivity contribution in [2.75, 3.05) is 6.79 Å². The first-order chi connectivity index (χ1) is 29.2. The molecule has 314 valence electrons. The number of aromatic nitrogens is 2. The van der Waals surface area contributed by atoms with E-state index in [9.17, 15) is 28.3 Å². The summed E-state index contributed by atoms with van der Waals surface area (Å²) < 4.78 is 54.5. The van der Waals surface area contributed by atoms with Crippen LogP contribution in [0.3, 0.4) is 0 Å². The van der Waals surface area contributed by atoms with Gasteiger partial charge in [-0.05, 0) is 98.6 Å². The van der Waals surface area contributed by atoms with Gasteiger partial charge in [0.15, 0.2) is 17.6 Å². The summed E-state index contributed by atoms with van der Waals surface area (Å²) in [4.78, 5) is 44.4. The topological polar surface area (TPSA) is 188 Å². The third kappa shape index (κ3) is 11.8. The highest BCUT2D eigenvalue weighted by atomic mass is 19.1. The molecule has 61 heavy (non-hydrogen) atoms. The minimum absolute atomic E-state index is 0.0701. The molecule has 2 amide bonds. The molecule has 0 unspecified atom stereocenters. The fraction of sp³-hybridized carbons (Fsp3) is 0.178. The van der Waals surface area contributed by atoms with Gasteiger partial charge in [-0.15, -0.1) is 0 Å². The molecule has 1 aliphatic rings. The van der Waals surface area contributed by atoms with E-state index < -0.39 is 29.4 Å². The molecule has 4 aromatic carbocycles. The molecule has 0 saturated heterocycles. The number of aliphatic carboxylic acids is 1. The van der Waals surface area contributed by atoms with Crippen LogP contribution in [0.15, 0.2) is 122 Å². The minimum Gasteiger partial charge on any atom is -0.479 e. The molecule has 0 fully saturated rings. The van der Waals surface area contributed by atoms with Crippen LogP contribution in [0.25, 0.3) is 0 Å². The summed E-state index contributed by atoms with van der Waals surface area (Å²) in [5.74, 6) is -0.839. The molecule has 3 heterocycles. The molecule has 16 heteroatoms. The Labute approximate surface area is 348 Å². The molecule has 0 spiro atoms. The number of fused-ring (bicyclic) bond motifs is 1. The number of aliphatic hydroxyl groups is 1. The van der Waals surface area contributed by atoms with E-state index in [-0.39, 0.29) is 59.3 Å². The van der Waals surface area contributed by atoms with Crippen LogP contribution < -0.4 is 34.3 Å². The number of carbonyl (C=O) groups is 3. The van der Waals surface area contributed by atoms with Gasteiger partial charge in [-0.3, -0.25) is 9.59 Å². The first-order valence-corrected chi connectivity index (χ1v) is 18.7. The van der Waals surface area contributed by atoms with Crippen molar-refractivity contribution in [1.29, 1.82) is 0 Å². The highest BCUT2D eigenvalue weighted by molar-refractivity contribution is 5.97. The van der Waals surface area contributed by atoms with E-state index >= 15 is 0 Å². The first-order valence-electron chi connectivity index (χ1n) is 18.7. The zero-order valence-electron chi connectivity index (χ0n) is 33.1. The number of pyridine rings is 2. The number of amides is 2. The summed E-state index contributed by atoms with van der Waals surface area (Å²) in [6.45, 7) is 5.10. The molecule has 14 nitrogen and oxygen atoms in total. The van der Waals surface area contributed by atoms with Gasteiger partial charge in [0.1, 0.15) is 40.0 Å². The summed E-state index contributed by atoms with van der Waals surface area (Å²) in [6.07, 6.45) is 1.88. The number of rotatable bonds is 14. The van der Waals surface area contributed by atoms with E-state index in [0.717, 1.165) is 17.2 Å². The van der Waals surface area contributed by atoms with Crippen LogP contribution in [0.2, 0.25) is 0 Å². The Hall–Kier alpha value is -7.59. The number of benzene rings is 4. The third-order valence-electron chi connectivity index (χ3n) is 8.86. The van der Waals surface area contributed by atoms with Gasteiger partial charge < -0.3 is 44.5 Å². The van der Waals surface area contributed by atoms with Crippen LogP contribution in [-0.4, -0.2) is 50.9 Å². The van der Waals surface area contributed by atoms with E-state index in [1.807, 2.05) is 24.3 Å². The fourth-order valence-corrected chi connectivity index (χ4v) is 5.53. The van der Waals surface area contributed by atoms with Gasteiger partial charge in [-0.1, -0.05) is 30.3 Å². The van der Waals surface area contributed by atoms with Gasteiger partial charge in [0, 0.05) is 43.2 Å². The smallest absolute Gasteiger partial charge is 0.344 e. The molecule has 0 aliphatic carbocycles. The maximum atomic E-state index is 14.4. The molecule has 7 rings (SSSR count). The normalized spacial score (nSPS) is 12.0. The van der Waals surface area contributed by atoms with Crippen LogP contribution in [0.5, 0.6) is 40.5 Å². The lowest BCUT2D eigenvalue weighted by Crippen LogP contribution is -2.24. The summed E-state index contributed by atoms with van der Waals surface area (Å²) in [5.41, 5.74) is 1.41. The number of nitrogens with one attached hydrogen (secondary N) is 2. The molecule has 0 radical (unpaired) electrons. The van der Waals surface area contributed by atoms with E-state index in [1.165, 1.54) is 61.8 Å². The first kappa shape index (κ1) is 43.0. The lowest BCUT2D eigenvalue weighted by atomic mass is 9.97. The average Bonchev–Trinajstić information content (AvgIpc) is 3.72. The van der Waals surface area contributed by atoms with Crippen molar-refractivity contribution in [3.63, 3.8) is 0 Å². The third-order valence-corrected chi connectivity index (χ3v) is 8.86. The van der Waals surface area contributed by atoms with Crippen molar-refractivity contribution < 1.29 is 57.1 Å². The summed E-state index contributed by atoms with van der Waals surface area (Å²) in [7, 11) is 0. The maximum absolute atomic E-state index is 14.4. The molecule has 1 atom stereocenters. The number of carbonyl (C=O) groups excluding carboxylic acids is 2. The van der Waals surface area contributed by atoms with E-state index in [0.29, 0.717) is 29.5 Å². The van der Waals surface area contributed by atoms with Crippen molar-refractivity contribution in [2.24, 2.45) is 0 Å². The Morgan fingerprint density at radius 3 is 1.92 bits per heavy atom. The van der Waals surface area contributed by atoms with Crippen LogP contribution in [0.1, 0.15) is 58.2 Å². The van der Waals surface area contributed by atoms with E-state index in [1.54, 1.807) is 50.2 Å². The molecule has 1 aliphatic heterocycles. The molecule has 4 N–H and O–H groups in total. The second-order valence-electron chi connectivity index (χ2n) is 13.9. The van der Waals surface area contributed by atoms with Gasteiger partial charge in [0.05, 0.1) is 5.60 Å². The zero-order valence-corrected chi connectivity index (χ0v) is 33.1. The Morgan fingerprint density at radius 2 is 1.31 bits per heavy atom. The second-order valence-corrected chi connectivity index (χ2v) is 13.9. The second kappa shape index (κ2) is 19.4. The van der Waals surface area contributed by atoms with Gasteiger partial charge >= 0.3 is 5.97 Å². The number of carboxylic acids is 1. The molecular weight excluding hydrogens is 795 g/mol. The van der Waals surface area contributed by atoms with Crippen LogP contribution in [0, 0.1) is 11.6 Å². The maximum Gasteiger partial charge on any atom is 0.344 e. The predicted molar refractivity (Wildman–Crippen MR) is 216 cm³/mol. The van der Waals surface area contributed by atoms with Gasteiger partial charge in [-0.25, -0.2) is 23.5 Å². The number of nitrogens with zero attached hydrogens (tertiary/aromatic N) is 2. The Morgan fingerprint density at radius 1 is 0.738 bits per heavy atom. The highest BCUT2D eigenvalue weighted by Crippen LogP contribution is 2.37. The average molecular weight is 835 g/mol. The largest absolute Gasteiger partial charge is 0.479 e. The number of halogens is 2. The summed E-state index contributed by atoms with van der Waals surface area (Å²) >= 11 is 0. The molecular formula is C45H40F2N4O10. The lowest BCUT2D eigenvalue weighted by molar-refractivity contribution is -0.144. The molecule has 0 bridgehead atoms. The lowest BCUT2D eigenvalue weighted by Gasteiger charge is -2.18. The molecule has 0 saturated carbocycles. The van der Waals surface area contributed by atoms with Crippen LogP contribution in [-0.2, 0) is 23.5 Å². The van der Waals surface area contributed by atoms with Crippen molar-refractivity contribution in [3.05, 3.63) is 161 Å². The van der Waals surface area contributed by atoms with Crippen molar-refractivity contribution in [3.8, 4) is 40.5 Å². The molecule has 6 aromatic rings. The van der Waals surface area contributed by atoms with Gasteiger partial charge in [0.2, 0.25) is 18.6 Å². The highest BCUT2D eigenvalue weighted by Gasteiger charge is 2.20. The summed E-state index contributed by atoms with van der Waals surface area (Å²) in [5, 5.41) is 24.3. The standard InChI is InChI=1S/C23H19FN2O7.C22H21FN2O3/c1-13(23(28)29)32-15-5-4-14(18(24)9-15)11-26-21(27)17-3-2-8-25-22(17)33-16-6-7-19-20(10-16)31-12-30-19;1-22(2,27)16-7-5-15(6-8-16)14-25-20(26)19-4-3-13-24-21(19)28-18-11-9-17(23)10-12-18/h2-10,13H,11-12H2,1H3,(H,26,27)(H,28,29);3-13,27H,14H2,1-2H3,(H,25,26)/t13-;/m1./s1. The quantitative estimate of drug-likeness (QED) is 0.0839. The number of hydrogen-bond acceptors (Lipinski definition) is 11. The van der Waals surface area contributed by atoms with E-state index in [4.69, 9.17) is 28.8 Å². The zero-order chi connectivity index (χ0) is 43.5. The fourth-order valence-electron chi connectivity index (χ4n) is 5.53. The minimum atomic E-state index is -1.16.